The molecule has 7 heteroatoms. The average molecular weight is 371 g/mol. The van der Waals surface area contributed by atoms with E-state index in [1.807, 2.05) is 38.1 Å². The van der Waals surface area contributed by atoms with E-state index in [-0.39, 0.29) is 29.1 Å². The van der Waals surface area contributed by atoms with Gasteiger partial charge in [-0.3, -0.25) is 4.79 Å². The van der Waals surface area contributed by atoms with E-state index in [0.29, 0.717) is 12.3 Å². The molecule has 0 aliphatic carbocycles. The second kappa shape index (κ2) is 9.30. The fourth-order valence-electron chi connectivity index (χ4n) is 2.27. The first-order valence-corrected chi connectivity index (χ1v) is 9.14. The van der Waals surface area contributed by atoms with Crippen molar-refractivity contribution in [3.63, 3.8) is 0 Å². The predicted molar refractivity (Wildman–Crippen MR) is 105 cm³/mol. The molecule has 0 saturated carbocycles. The molecule has 0 bridgehead atoms. The van der Waals surface area contributed by atoms with Crippen LogP contribution in [0.15, 0.2) is 24.3 Å². The van der Waals surface area contributed by atoms with Gasteiger partial charge < -0.3 is 16.0 Å². The summed E-state index contributed by atoms with van der Waals surface area (Å²) in [7, 11) is 0. The third-order valence-corrected chi connectivity index (χ3v) is 5.46. The van der Waals surface area contributed by atoms with Crippen LogP contribution in [0.3, 0.4) is 0 Å². The maximum atomic E-state index is 12.0. The fourth-order valence-corrected chi connectivity index (χ4v) is 3.04. The fraction of sp³-hybridized carbons (Fsp3) is 0.529. The summed E-state index contributed by atoms with van der Waals surface area (Å²) >= 11 is 1.57. The maximum absolute atomic E-state index is 12.0. The first-order chi connectivity index (χ1) is 11.0. The Balaban J connectivity index is 0.00000288. The van der Waals surface area contributed by atoms with Crippen LogP contribution >= 0.6 is 24.2 Å². The number of rotatable bonds is 8. The van der Waals surface area contributed by atoms with Crippen molar-refractivity contribution in [3.05, 3.63) is 30.1 Å². The number of fused-ring (bicyclic) bond motifs is 1. The highest BCUT2D eigenvalue weighted by molar-refractivity contribution is 8.00. The van der Waals surface area contributed by atoms with Crippen LogP contribution in [0.25, 0.3) is 11.0 Å². The number of aromatic nitrogens is 2. The zero-order chi connectivity index (χ0) is 16.9. The molecule has 1 amide bonds. The molecule has 1 heterocycles. The summed E-state index contributed by atoms with van der Waals surface area (Å²) < 4.78 is 0. The normalized spacial score (nSPS) is 12.7. The molecule has 0 spiro atoms. The molecular weight excluding hydrogens is 344 g/mol. The number of para-hydroxylation sites is 2. The van der Waals surface area contributed by atoms with E-state index >= 15 is 0 Å². The number of halogens is 1. The molecule has 1 atom stereocenters. The topological polar surface area (TPSA) is 83.8 Å². The summed E-state index contributed by atoms with van der Waals surface area (Å²) in [5, 5.41) is 3.08. The van der Waals surface area contributed by atoms with Gasteiger partial charge in [0.05, 0.1) is 22.0 Å². The van der Waals surface area contributed by atoms with E-state index in [0.717, 1.165) is 29.7 Å². The Labute approximate surface area is 154 Å². The number of carbonyl (C=O) groups is 1. The smallest absolute Gasteiger partial charge is 0.230 e. The Kier molecular flexibility index (Phi) is 8.06. The number of imidazole rings is 1. The van der Waals surface area contributed by atoms with E-state index in [1.165, 1.54) is 0 Å². The number of hydrogen-bond donors (Lipinski definition) is 3. The summed E-state index contributed by atoms with van der Waals surface area (Å²) in [6.07, 6.45) is 1.71. The van der Waals surface area contributed by atoms with Crippen LogP contribution in [-0.4, -0.2) is 33.7 Å². The standard InChI is InChI=1S/C17H26N4OS.ClH/c1-4-17(18,5-2)11-19-15(22)10-23-12(3)16-20-13-8-6-7-9-14(13)21-16;/h6-9,12H,4-5,10-11,18H2,1-3H3,(H,19,22)(H,20,21);1H. The van der Waals surface area contributed by atoms with Crippen molar-refractivity contribution in [1.82, 2.24) is 15.3 Å². The second-order valence-corrected chi connectivity index (χ2v) is 7.27. The minimum Gasteiger partial charge on any atom is -0.354 e. The Morgan fingerprint density at radius 2 is 2.04 bits per heavy atom. The maximum Gasteiger partial charge on any atom is 0.230 e. The van der Waals surface area contributed by atoms with Crippen molar-refractivity contribution in [2.75, 3.05) is 12.3 Å². The summed E-state index contributed by atoms with van der Waals surface area (Å²) in [4.78, 5) is 19.9. The molecule has 0 saturated heterocycles. The van der Waals surface area contributed by atoms with E-state index in [2.05, 4.69) is 22.2 Å². The summed E-state index contributed by atoms with van der Waals surface area (Å²) in [5.41, 5.74) is 7.88. The van der Waals surface area contributed by atoms with Crippen LogP contribution < -0.4 is 11.1 Å². The molecule has 0 fully saturated rings. The highest BCUT2D eigenvalue weighted by Gasteiger charge is 2.21. The van der Waals surface area contributed by atoms with Gasteiger partial charge in [0.25, 0.3) is 0 Å². The monoisotopic (exact) mass is 370 g/mol. The van der Waals surface area contributed by atoms with Crippen LogP contribution in [0.5, 0.6) is 0 Å². The van der Waals surface area contributed by atoms with Crippen LogP contribution in [0.2, 0.25) is 0 Å². The Hall–Kier alpha value is -1.24. The Bertz CT molecular complexity index is 624. The van der Waals surface area contributed by atoms with Crippen molar-refractivity contribution in [2.45, 2.75) is 44.4 Å². The lowest BCUT2D eigenvalue weighted by molar-refractivity contribution is -0.118. The van der Waals surface area contributed by atoms with Crippen LogP contribution in [0, 0.1) is 0 Å². The van der Waals surface area contributed by atoms with E-state index in [1.54, 1.807) is 11.8 Å². The molecule has 134 valence electrons. The zero-order valence-corrected chi connectivity index (χ0v) is 16.1. The van der Waals surface area contributed by atoms with Crippen molar-refractivity contribution < 1.29 is 4.79 Å². The van der Waals surface area contributed by atoms with Crippen molar-refractivity contribution in [2.24, 2.45) is 5.73 Å². The molecule has 4 N–H and O–H groups in total. The molecule has 0 aliphatic heterocycles. The molecule has 1 aromatic carbocycles. The van der Waals surface area contributed by atoms with Gasteiger partial charge in [-0.25, -0.2) is 4.98 Å². The lowest BCUT2D eigenvalue weighted by atomic mass is 9.94. The first-order valence-electron chi connectivity index (χ1n) is 8.09. The number of nitrogens with zero attached hydrogens (tertiary/aromatic N) is 1. The number of nitrogens with two attached hydrogens (primary N) is 1. The Morgan fingerprint density at radius 3 is 2.67 bits per heavy atom. The van der Waals surface area contributed by atoms with Crippen molar-refractivity contribution in [1.29, 1.82) is 0 Å². The number of H-pyrrole nitrogens is 1. The number of benzene rings is 1. The summed E-state index contributed by atoms with van der Waals surface area (Å²) in [6.45, 7) is 6.68. The van der Waals surface area contributed by atoms with Crippen LogP contribution in [0.1, 0.15) is 44.7 Å². The van der Waals surface area contributed by atoms with Gasteiger partial charge in [-0.2, -0.15) is 0 Å². The van der Waals surface area contributed by atoms with Crippen molar-refractivity contribution in [3.8, 4) is 0 Å². The largest absolute Gasteiger partial charge is 0.354 e. The van der Waals surface area contributed by atoms with Gasteiger partial charge in [-0.1, -0.05) is 26.0 Å². The van der Waals surface area contributed by atoms with Gasteiger partial charge in [0.15, 0.2) is 0 Å². The highest BCUT2D eigenvalue weighted by atomic mass is 35.5. The predicted octanol–water partition coefficient (Wildman–Crippen LogP) is 3.41. The van der Waals surface area contributed by atoms with Gasteiger partial charge in [0.1, 0.15) is 5.82 Å². The number of carbonyl (C=O) groups excluding carboxylic acids is 1. The van der Waals surface area contributed by atoms with E-state index in [4.69, 9.17) is 5.73 Å². The number of aromatic amines is 1. The zero-order valence-electron chi connectivity index (χ0n) is 14.5. The summed E-state index contributed by atoms with van der Waals surface area (Å²) in [6, 6.07) is 7.94. The average Bonchev–Trinajstić information content (AvgIpc) is 3.01. The lowest BCUT2D eigenvalue weighted by Gasteiger charge is -2.26. The van der Waals surface area contributed by atoms with Crippen LogP contribution in [-0.2, 0) is 4.79 Å². The number of hydrogen-bond acceptors (Lipinski definition) is 4. The highest BCUT2D eigenvalue weighted by Crippen LogP contribution is 2.27. The quantitative estimate of drug-likeness (QED) is 0.664. The first kappa shape index (κ1) is 20.8. The van der Waals surface area contributed by atoms with Gasteiger partial charge in [0, 0.05) is 12.1 Å². The molecule has 0 radical (unpaired) electrons. The SMILES string of the molecule is CCC(N)(CC)CNC(=O)CSC(C)c1nc2ccccc2[nH]1.Cl. The molecule has 1 unspecified atom stereocenters. The van der Waals surface area contributed by atoms with Crippen LogP contribution in [0.4, 0.5) is 0 Å². The summed E-state index contributed by atoms with van der Waals surface area (Å²) in [5.74, 6) is 1.33. The second-order valence-electron chi connectivity index (χ2n) is 5.94. The third-order valence-electron chi connectivity index (χ3n) is 4.30. The van der Waals surface area contributed by atoms with Gasteiger partial charge in [-0.15, -0.1) is 24.2 Å². The lowest BCUT2D eigenvalue weighted by Crippen LogP contribution is -2.49. The number of nitrogens with one attached hydrogen (secondary N) is 2. The number of amides is 1. The molecule has 5 nitrogen and oxygen atoms in total. The molecule has 2 rings (SSSR count). The molecule has 0 aliphatic rings. The van der Waals surface area contributed by atoms with E-state index in [9.17, 15) is 4.79 Å². The van der Waals surface area contributed by atoms with E-state index < -0.39 is 0 Å². The van der Waals surface area contributed by atoms with Gasteiger partial charge in [-0.05, 0) is 31.9 Å². The number of thioether (sulfide) groups is 1. The molecule has 2 aromatic rings. The van der Waals surface area contributed by atoms with Gasteiger partial charge in [0.2, 0.25) is 5.91 Å². The third kappa shape index (κ3) is 5.40. The van der Waals surface area contributed by atoms with Crippen molar-refractivity contribution >= 4 is 41.1 Å². The minimum atomic E-state index is -0.301. The molecule has 1 aromatic heterocycles. The molecular formula is C17H27ClN4OS. The minimum absolute atomic E-state index is 0. The van der Waals surface area contributed by atoms with Gasteiger partial charge >= 0.3 is 0 Å². The molecule has 24 heavy (non-hydrogen) atoms. The Morgan fingerprint density at radius 1 is 1.38 bits per heavy atom.